The van der Waals surface area contributed by atoms with Crippen molar-refractivity contribution in [2.24, 2.45) is 7.05 Å². The Bertz CT molecular complexity index is 1230. The van der Waals surface area contributed by atoms with Gasteiger partial charge in [-0.3, -0.25) is 4.68 Å². The second kappa shape index (κ2) is 6.48. The van der Waals surface area contributed by atoms with Gasteiger partial charge in [0.15, 0.2) is 5.82 Å². The fourth-order valence-electron chi connectivity index (χ4n) is 2.80. The minimum Gasteiger partial charge on any atom is -0.378 e. The van der Waals surface area contributed by atoms with E-state index in [9.17, 15) is 5.11 Å². The molecule has 28 heavy (non-hydrogen) atoms. The van der Waals surface area contributed by atoms with Crippen molar-refractivity contribution >= 4 is 16.9 Å². The molecule has 0 saturated carbocycles. The lowest BCUT2D eigenvalue weighted by Gasteiger charge is -2.09. The van der Waals surface area contributed by atoms with E-state index in [-0.39, 0.29) is 5.95 Å². The first-order valence-corrected chi connectivity index (χ1v) is 8.65. The molecular weight excluding hydrogens is 354 g/mol. The Morgan fingerprint density at radius 3 is 2.68 bits per heavy atom. The standard InChI is InChI=1S/C20H19N7O/c1-20(2,28)7-6-13-4-5-14-9-24-27(17(14)8-13)18-16(11-22-19(21)25-18)15-10-23-26(3)12-15/h4-5,8-12,28H,1-3H3,(H2,21,22,25). The van der Waals surface area contributed by atoms with Gasteiger partial charge < -0.3 is 10.8 Å². The van der Waals surface area contributed by atoms with Crippen molar-refractivity contribution in [2.45, 2.75) is 19.4 Å². The molecule has 0 aliphatic carbocycles. The lowest BCUT2D eigenvalue weighted by Crippen LogP contribution is -2.14. The van der Waals surface area contributed by atoms with Gasteiger partial charge in [-0.05, 0) is 32.0 Å². The van der Waals surface area contributed by atoms with Crippen molar-refractivity contribution in [3.8, 4) is 28.8 Å². The molecule has 0 aliphatic heterocycles. The number of nitrogens with zero attached hydrogens (tertiary/aromatic N) is 6. The van der Waals surface area contributed by atoms with Crippen LogP contribution in [-0.2, 0) is 7.05 Å². The monoisotopic (exact) mass is 373 g/mol. The number of aliphatic hydroxyl groups is 1. The smallest absolute Gasteiger partial charge is 0.222 e. The van der Waals surface area contributed by atoms with Crippen molar-refractivity contribution in [2.75, 3.05) is 5.73 Å². The van der Waals surface area contributed by atoms with Gasteiger partial charge in [-0.1, -0.05) is 11.8 Å². The SMILES string of the molecule is Cn1cc(-c2cnc(N)nc2-n2ncc3ccc(C#CC(C)(C)O)cc32)cn1. The maximum absolute atomic E-state index is 9.85. The van der Waals surface area contributed by atoms with E-state index in [0.29, 0.717) is 5.82 Å². The highest BCUT2D eigenvalue weighted by Crippen LogP contribution is 2.27. The number of hydrogen-bond donors (Lipinski definition) is 2. The molecule has 8 nitrogen and oxygen atoms in total. The Morgan fingerprint density at radius 1 is 1.14 bits per heavy atom. The number of anilines is 1. The van der Waals surface area contributed by atoms with E-state index in [1.807, 2.05) is 31.4 Å². The summed E-state index contributed by atoms with van der Waals surface area (Å²) >= 11 is 0. The van der Waals surface area contributed by atoms with Gasteiger partial charge in [-0.2, -0.15) is 15.2 Å². The zero-order valence-electron chi connectivity index (χ0n) is 15.7. The van der Waals surface area contributed by atoms with E-state index < -0.39 is 5.60 Å². The molecule has 0 aliphatic rings. The molecule has 0 spiro atoms. The van der Waals surface area contributed by atoms with Gasteiger partial charge in [0.05, 0.1) is 17.9 Å². The molecule has 0 unspecified atom stereocenters. The van der Waals surface area contributed by atoms with Crippen LogP contribution in [0.1, 0.15) is 19.4 Å². The predicted molar refractivity (Wildman–Crippen MR) is 106 cm³/mol. The van der Waals surface area contributed by atoms with Gasteiger partial charge in [-0.15, -0.1) is 0 Å². The summed E-state index contributed by atoms with van der Waals surface area (Å²) in [4.78, 5) is 8.55. The highest BCUT2D eigenvalue weighted by Gasteiger charge is 2.15. The molecule has 8 heteroatoms. The van der Waals surface area contributed by atoms with Gasteiger partial charge in [0.2, 0.25) is 5.95 Å². The number of rotatable bonds is 2. The molecule has 0 fully saturated rings. The average Bonchev–Trinajstić information content (AvgIpc) is 3.25. The van der Waals surface area contributed by atoms with E-state index in [4.69, 9.17) is 5.73 Å². The average molecular weight is 373 g/mol. The van der Waals surface area contributed by atoms with Crippen molar-refractivity contribution in [3.63, 3.8) is 0 Å². The first-order valence-electron chi connectivity index (χ1n) is 8.65. The van der Waals surface area contributed by atoms with E-state index in [0.717, 1.165) is 27.6 Å². The molecular formula is C20H19N7O. The van der Waals surface area contributed by atoms with Crippen LogP contribution in [-0.4, -0.2) is 40.2 Å². The predicted octanol–water partition coefficient (Wildman–Crippen LogP) is 1.92. The zero-order valence-corrected chi connectivity index (χ0v) is 15.7. The van der Waals surface area contributed by atoms with Gasteiger partial charge in [-0.25, -0.2) is 9.67 Å². The van der Waals surface area contributed by atoms with Gasteiger partial charge >= 0.3 is 0 Å². The Balaban J connectivity index is 1.90. The lowest BCUT2D eigenvalue weighted by molar-refractivity contribution is 0.143. The third-order valence-corrected chi connectivity index (χ3v) is 4.09. The Hall–Kier alpha value is -3.70. The topological polar surface area (TPSA) is 108 Å². The first-order chi connectivity index (χ1) is 13.3. The molecule has 3 heterocycles. The molecule has 0 bridgehead atoms. The summed E-state index contributed by atoms with van der Waals surface area (Å²) in [7, 11) is 1.85. The normalized spacial score (nSPS) is 11.4. The van der Waals surface area contributed by atoms with Crippen LogP contribution < -0.4 is 5.73 Å². The number of fused-ring (bicyclic) bond motifs is 1. The summed E-state index contributed by atoms with van der Waals surface area (Å²) in [6.45, 7) is 3.29. The summed E-state index contributed by atoms with van der Waals surface area (Å²) in [6, 6.07) is 5.73. The van der Waals surface area contributed by atoms with Gasteiger partial charge in [0.1, 0.15) is 5.60 Å². The summed E-state index contributed by atoms with van der Waals surface area (Å²) in [5.74, 6) is 6.53. The molecule has 0 radical (unpaired) electrons. The molecule has 4 aromatic rings. The number of benzene rings is 1. The number of nitrogens with two attached hydrogens (primary N) is 1. The minimum atomic E-state index is -1.07. The molecule has 3 N–H and O–H groups in total. The van der Waals surface area contributed by atoms with Crippen LogP contribution >= 0.6 is 0 Å². The first kappa shape index (κ1) is 17.7. The molecule has 3 aromatic heterocycles. The fourth-order valence-corrected chi connectivity index (χ4v) is 2.80. The summed E-state index contributed by atoms with van der Waals surface area (Å²) in [6.07, 6.45) is 7.04. The van der Waals surface area contributed by atoms with Crippen molar-refractivity contribution in [3.05, 3.63) is 48.5 Å². The van der Waals surface area contributed by atoms with Gasteiger partial charge in [0, 0.05) is 41.5 Å². The van der Waals surface area contributed by atoms with Crippen LogP contribution in [0.2, 0.25) is 0 Å². The zero-order chi connectivity index (χ0) is 19.9. The third-order valence-electron chi connectivity index (χ3n) is 4.09. The van der Waals surface area contributed by atoms with E-state index in [1.54, 1.807) is 41.8 Å². The Morgan fingerprint density at radius 2 is 1.96 bits per heavy atom. The molecule has 0 amide bonds. The van der Waals surface area contributed by atoms with Crippen LogP contribution in [0.5, 0.6) is 0 Å². The second-order valence-electron chi connectivity index (χ2n) is 7.01. The van der Waals surface area contributed by atoms with Crippen LogP contribution in [0.3, 0.4) is 0 Å². The van der Waals surface area contributed by atoms with Crippen LogP contribution in [0.4, 0.5) is 5.95 Å². The highest BCUT2D eigenvalue weighted by molar-refractivity contribution is 5.83. The quantitative estimate of drug-likeness (QED) is 0.520. The van der Waals surface area contributed by atoms with E-state index >= 15 is 0 Å². The Labute approximate surface area is 161 Å². The summed E-state index contributed by atoms with van der Waals surface area (Å²) in [5, 5.41) is 19.5. The molecule has 0 saturated heterocycles. The lowest BCUT2D eigenvalue weighted by atomic mass is 10.1. The van der Waals surface area contributed by atoms with Crippen LogP contribution in [0.15, 0.2) is 43.0 Å². The molecule has 4 rings (SSSR count). The van der Waals surface area contributed by atoms with E-state index in [2.05, 4.69) is 32.0 Å². The number of aryl methyl sites for hydroxylation is 1. The second-order valence-corrected chi connectivity index (χ2v) is 7.01. The third kappa shape index (κ3) is 3.43. The molecule has 0 atom stereocenters. The van der Waals surface area contributed by atoms with Crippen molar-refractivity contribution in [1.29, 1.82) is 0 Å². The molecule has 1 aromatic carbocycles. The largest absolute Gasteiger partial charge is 0.378 e. The maximum atomic E-state index is 9.85. The highest BCUT2D eigenvalue weighted by atomic mass is 16.3. The summed E-state index contributed by atoms with van der Waals surface area (Å²) in [5.41, 5.74) is 8.00. The fraction of sp³-hybridized carbons (Fsp3) is 0.200. The Kier molecular flexibility index (Phi) is 4.09. The molecule has 140 valence electrons. The van der Waals surface area contributed by atoms with Crippen molar-refractivity contribution < 1.29 is 5.11 Å². The maximum Gasteiger partial charge on any atom is 0.222 e. The van der Waals surface area contributed by atoms with E-state index in [1.165, 1.54) is 0 Å². The van der Waals surface area contributed by atoms with Crippen LogP contribution in [0.25, 0.3) is 27.8 Å². The van der Waals surface area contributed by atoms with Gasteiger partial charge in [0.25, 0.3) is 0 Å². The minimum absolute atomic E-state index is 0.157. The number of hydrogen-bond acceptors (Lipinski definition) is 6. The number of aromatic nitrogens is 6. The summed E-state index contributed by atoms with van der Waals surface area (Å²) < 4.78 is 3.42. The van der Waals surface area contributed by atoms with Crippen LogP contribution in [0, 0.1) is 11.8 Å². The van der Waals surface area contributed by atoms with Crippen molar-refractivity contribution in [1.82, 2.24) is 29.5 Å². The number of nitrogen functional groups attached to an aromatic ring is 1.